The van der Waals surface area contributed by atoms with Gasteiger partial charge >= 0.3 is 5.97 Å². The van der Waals surface area contributed by atoms with Gasteiger partial charge in [0, 0.05) is 12.6 Å². The fourth-order valence-electron chi connectivity index (χ4n) is 2.49. The highest BCUT2D eigenvalue weighted by molar-refractivity contribution is 5.93. The summed E-state index contributed by atoms with van der Waals surface area (Å²) in [6, 6.07) is 15.9. The van der Waals surface area contributed by atoms with Gasteiger partial charge in [-0.1, -0.05) is 47.6 Å². The van der Waals surface area contributed by atoms with Crippen LogP contribution in [0.3, 0.4) is 0 Å². The van der Waals surface area contributed by atoms with Crippen molar-refractivity contribution in [2.45, 2.75) is 5.92 Å². The number of halogens is 1. The predicted molar refractivity (Wildman–Crippen MR) is 91.0 cm³/mol. The summed E-state index contributed by atoms with van der Waals surface area (Å²) in [6.07, 6.45) is 0. The average molecular weight is 354 g/mol. The molecule has 0 saturated heterocycles. The number of hydrogen-bond acceptors (Lipinski definition) is 4. The second kappa shape index (κ2) is 7.60. The van der Waals surface area contributed by atoms with Crippen molar-refractivity contribution < 1.29 is 23.6 Å². The van der Waals surface area contributed by atoms with E-state index in [4.69, 9.17) is 4.52 Å². The van der Waals surface area contributed by atoms with E-state index in [-0.39, 0.29) is 23.6 Å². The first-order chi connectivity index (χ1) is 12.6. The number of carbonyl (C=O) groups excluding carboxylic acids is 1. The number of nitrogens with zero attached hydrogens (tertiary/aromatic N) is 1. The SMILES string of the molecule is O=C(NCC(C(=O)O)c1ccccc1)c1cc(-c2ccccc2F)on1. The maximum absolute atomic E-state index is 13.8. The van der Waals surface area contributed by atoms with Crippen LogP contribution >= 0.6 is 0 Å². The lowest BCUT2D eigenvalue weighted by atomic mass is 9.99. The molecule has 0 aliphatic carbocycles. The molecule has 1 aromatic heterocycles. The van der Waals surface area contributed by atoms with E-state index in [9.17, 15) is 19.1 Å². The molecule has 0 aliphatic rings. The molecule has 0 bridgehead atoms. The van der Waals surface area contributed by atoms with E-state index in [0.717, 1.165) is 0 Å². The molecule has 6 nitrogen and oxygen atoms in total. The van der Waals surface area contributed by atoms with Crippen LogP contribution in [0.25, 0.3) is 11.3 Å². The predicted octanol–water partition coefficient (Wildman–Crippen LogP) is 3.08. The largest absolute Gasteiger partial charge is 0.481 e. The molecule has 0 aliphatic heterocycles. The van der Waals surface area contributed by atoms with Crippen LogP contribution in [0, 0.1) is 5.82 Å². The standard InChI is InChI=1S/C19H15FN2O4/c20-15-9-5-4-8-13(15)17-10-16(22-26-17)18(23)21-11-14(19(24)25)12-6-2-1-3-7-12/h1-10,14H,11H2,(H,21,23)(H,24,25). The quantitative estimate of drug-likeness (QED) is 0.710. The monoisotopic (exact) mass is 354 g/mol. The van der Waals surface area contributed by atoms with Gasteiger partial charge in [0.1, 0.15) is 5.82 Å². The topological polar surface area (TPSA) is 92.4 Å². The Morgan fingerprint density at radius 2 is 1.81 bits per heavy atom. The Kier molecular flexibility index (Phi) is 5.07. The van der Waals surface area contributed by atoms with E-state index in [1.165, 1.54) is 18.2 Å². The Morgan fingerprint density at radius 3 is 2.50 bits per heavy atom. The van der Waals surface area contributed by atoms with Crippen molar-refractivity contribution in [1.29, 1.82) is 0 Å². The van der Waals surface area contributed by atoms with Gasteiger partial charge in [0.05, 0.1) is 11.5 Å². The van der Waals surface area contributed by atoms with Crippen LogP contribution in [0.1, 0.15) is 22.0 Å². The average Bonchev–Trinajstić information content (AvgIpc) is 3.13. The number of hydrogen-bond donors (Lipinski definition) is 2. The molecule has 132 valence electrons. The number of carbonyl (C=O) groups is 2. The Bertz CT molecular complexity index is 924. The fraction of sp³-hybridized carbons (Fsp3) is 0.105. The highest BCUT2D eigenvalue weighted by atomic mass is 19.1. The summed E-state index contributed by atoms with van der Waals surface area (Å²) in [5.41, 5.74) is 0.708. The summed E-state index contributed by atoms with van der Waals surface area (Å²) < 4.78 is 18.8. The summed E-state index contributed by atoms with van der Waals surface area (Å²) in [4.78, 5) is 23.7. The van der Waals surface area contributed by atoms with E-state index >= 15 is 0 Å². The van der Waals surface area contributed by atoms with Crippen LogP contribution in [0.15, 0.2) is 65.2 Å². The molecule has 3 aromatic rings. The molecular formula is C19H15FN2O4. The third-order valence-corrected chi connectivity index (χ3v) is 3.85. The highest BCUT2D eigenvalue weighted by Gasteiger charge is 2.22. The van der Waals surface area contributed by atoms with E-state index < -0.39 is 23.6 Å². The smallest absolute Gasteiger partial charge is 0.312 e. The van der Waals surface area contributed by atoms with Gasteiger partial charge < -0.3 is 14.9 Å². The van der Waals surface area contributed by atoms with Gasteiger partial charge in [0.25, 0.3) is 5.91 Å². The molecule has 0 saturated carbocycles. The molecular weight excluding hydrogens is 339 g/mol. The number of carboxylic acid groups (broad SMARTS) is 1. The highest BCUT2D eigenvalue weighted by Crippen LogP contribution is 2.23. The van der Waals surface area contributed by atoms with Gasteiger partial charge in [-0.25, -0.2) is 4.39 Å². The van der Waals surface area contributed by atoms with Crippen molar-refractivity contribution in [2.24, 2.45) is 0 Å². The summed E-state index contributed by atoms with van der Waals surface area (Å²) in [5, 5.41) is 15.5. The van der Waals surface area contributed by atoms with Gasteiger partial charge in [-0.05, 0) is 17.7 Å². The molecule has 26 heavy (non-hydrogen) atoms. The molecule has 1 unspecified atom stereocenters. The number of amides is 1. The zero-order valence-corrected chi connectivity index (χ0v) is 13.6. The molecule has 1 atom stereocenters. The van der Waals surface area contributed by atoms with Gasteiger partial charge in [-0.3, -0.25) is 9.59 Å². The number of aromatic nitrogens is 1. The van der Waals surface area contributed by atoms with E-state index in [1.807, 2.05) is 0 Å². The third kappa shape index (κ3) is 3.77. The van der Waals surface area contributed by atoms with E-state index in [1.54, 1.807) is 42.5 Å². The Balaban J connectivity index is 1.71. The van der Waals surface area contributed by atoms with Crippen molar-refractivity contribution in [2.75, 3.05) is 6.54 Å². The van der Waals surface area contributed by atoms with Crippen molar-refractivity contribution >= 4 is 11.9 Å². The Morgan fingerprint density at radius 1 is 1.12 bits per heavy atom. The van der Waals surface area contributed by atoms with Gasteiger partial charge in [-0.15, -0.1) is 0 Å². The van der Waals surface area contributed by atoms with Crippen molar-refractivity contribution in [3.63, 3.8) is 0 Å². The molecule has 0 radical (unpaired) electrons. The van der Waals surface area contributed by atoms with Crippen LogP contribution in [-0.4, -0.2) is 28.7 Å². The van der Waals surface area contributed by atoms with Crippen LogP contribution in [0.5, 0.6) is 0 Å². The van der Waals surface area contributed by atoms with Gasteiger partial charge in [-0.2, -0.15) is 0 Å². The normalized spacial score (nSPS) is 11.7. The molecule has 1 amide bonds. The lowest BCUT2D eigenvalue weighted by Crippen LogP contribution is -2.31. The number of benzene rings is 2. The van der Waals surface area contributed by atoms with Gasteiger partial charge in [0.2, 0.25) is 0 Å². The number of nitrogens with one attached hydrogen (secondary N) is 1. The summed E-state index contributed by atoms with van der Waals surface area (Å²) in [6.45, 7) is -0.111. The van der Waals surface area contributed by atoms with Crippen LogP contribution in [-0.2, 0) is 4.79 Å². The Hall–Kier alpha value is -3.48. The van der Waals surface area contributed by atoms with Crippen LogP contribution in [0.4, 0.5) is 4.39 Å². The summed E-state index contributed by atoms with van der Waals surface area (Å²) in [5.74, 6) is -2.92. The lowest BCUT2D eigenvalue weighted by molar-refractivity contribution is -0.138. The molecule has 2 aromatic carbocycles. The second-order valence-corrected chi connectivity index (χ2v) is 5.57. The van der Waals surface area contributed by atoms with Crippen LogP contribution in [0.2, 0.25) is 0 Å². The van der Waals surface area contributed by atoms with Crippen molar-refractivity contribution in [3.05, 3.63) is 77.7 Å². The minimum atomic E-state index is -1.05. The molecule has 0 spiro atoms. The maximum Gasteiger partial charge on any atom is 0.312 e. The van der Waals surface area contributed by atoms with Crippen molar-refractivity contribution in [3.8, 4) is 11.3 Å². The maximum atomic E-state index is 13.8. The molecule has 7 heteroatoms. The molecule has 3 rings (SSSR count). The minimum absolute atomic E-state index is 0.0551. The van der Waals surface area contributed by atoms with Crippen LogP contribution < -0.4 is 5.32 Å². The minimum Gasteiger partial charge on any atom is -0.481 e. The molecule has 2 N–H and O–H groups in total. The summed E-state index contributed by atoms with van der Waals surface area (Å²) >= 11 is 0. The number of rotatable bonds is 6. The zero-order valence-electron chi connectivity index (χ0n) is 13.6. The first-order valence-corrected chi connectivity index (χ1v) is 7.84. The lowest BCUT2D eigenvalue weighted by Gasteiger charge is -2.13. The van der Waals surface area contributed by atoms with E-state index in [0.29, 0.717) is 5.56 Å². The molecule has 1 heterocycles. The fourth-order valence-corrected chi connectivity index (χ4v) is 2.49. The zero-order chi connectivity index (χ0) is 18.5. The Labute approximate surface area is 148 Å². The van der Waals surface area contributed by atoms with Gasteiger partial charge in [0.15, 0.2) is 11.5 Å². The number of carboxylic acids is 1. The third-order valence-electron chi connectivity index (χ3n) is 3.85. The van der Waals surface area contributed by atoms with E-state index in [2.05, 4.69) is 10.5 Å². The first kappa shape index (κ1) is 17.3. The summed E-state index contributed by atoms with van der Waals surface area (Å²) in [7, 11) is 0. The first-order valence-electron chi connectivity index (χ1n) is 7.84. The number of aliphatic carboxylic acids is 1. The van der Waals surface area contributed by atoms with Crippen molar-refractivity contribution in [1.82, 2.24) is 10.5 Å². The second-order valence-electron chi connectivity index (χ2n) is 5.57. The molecule has 0 fully saturated rings.